The largest absolute Gasteiger partial charge is 0.502 e. The number of nitrogens with zero attached hydrogens (tertiary/aromatic N) is 1. The van der Waals surface area contributed by atoms with E-state index in [1.54, 1.807) is 12.1 Å². The van der Waals surface area contributed by atoms with Crippen molar-refractivity contribution in [2.75, 3.05) is 34.0 Å². The van der Waals surface area contributed by atoms with Crippen LogP contribution in [-0.4, -0.2) is 50.0 Å². The minimum Gasteiger partial charge on any atom is -0.502 e. The number of carbonyl (C=O) groups excluding carboxylic acids is 1. The van der Waals surface area contributed by atoms with Gasteiger partial charge in [0.2, 0.25) is 16.9 Å². The number of esters is 1. The molecule has 3 heterocycles. The lowest BCUT2D eigenvalue weighted by Gasteiger charge is -2.28. The van der Waals surface area contributed by atoms with Crippen LogP contribution in [0.25, 0.3) is 0 Å². The average molecular weight is 508 g/mol. The van der Waals surface area contributed by atoms with Gasteiger partial charge in [0.1, 0.15) is 19.0 Å². The Kier molecular flexibility index (Phi) is 7.05. The second kappa shape index (κ2) is 10.6. The molecule has 1 atom stereocenters. The molecule has 9 heteroatoms. The molecule has 0 aliphatic carbocycles. The summed E-state index contributed by atoms with van der Waals surface area (Å²) in [6.45, 7) is 2.65. The molecule has 1 N–H and O–H groups in total. The summed E-state index contributed by atoms with van der Waals surface area (Å²) >= 11 is 0. The first kappa shape index (κ1) is 24.7. The predicted octanol–water partition coefficient (Wildman–Crippen LogP) is 3.38. The summed E-state index contributed by atoms with van der Waals surface area (Å²) in [6.07, 6.45) is 0.726. The van der Waals surface area contributed by atoms with Gasteiger partial charge in [-0.25, -0.2) is 0 Å². The molecular formula is C28H29NO8. The zero-order valence-corrected chi connectivity index (χ0v) is 20.8. The molecule has 0 fully saturated rings. The monoisotopic (exact) mass is 507 g/mol. The molecule has 0 saturated heterocycles. The average Bonchev–Trinajstić information content (AvgIpc) is 2.92. The fourth-order valence-corrected chi connectivity index (χ4v) is 4.89. The highest BCUT2D eigenvalue weighted by Gasteiger charge is 2.30. The summed E-state index contributed by atoms with van der Waals surface area (Å²) in [6, 6.07) is 13.0. The van der Waals surface area contributed by atoms with Gasteiger partial charge in [-0.2, -0.15) is 0 Å². The summed E-state index contributed by atoms with van der Waals surface area (Å²) in [5.41, 5.74) is 2.53. The first-order chi connectivity index (χ1) is 18.0. The van der Waals surface area contributed by atoms with Crippen molar-refractivity contribution in [1.82, 2.24) is 4.90 Å². The van der Waals surface area contributed by atoms with Gasteiger partial charge in [0.15, 0.2) is 17.3 Å². The van der Waals surface area contributed by atoms with E-state index in [2.05, 4.69) is 17.0 Å². The van der Waals surface area contributed by atoms with Crippen molar-refractivity contribution in [3.8, 4) is 23.0 Å². The van der Waals surface area contributed by atoms with Gasteiger partial charge in [-0.3, -0.25) is 14.5 Å². The van der Waals surface area contributed by atoms with Gasteiger partial charge < -0.3 is 28.5 Å². The van der Waals surface area contributed by atoms with E-state index < -0.39 is 23.1 Å². The van der Waals surface area contributed by atoms with Crippen LogP contribution in [0.4, 0.5) is 0 Å². The number of carbonyl (C=O) groups is 1. The van der Waals surface area contributed by atoms with E-state index >= 15 is 0 Å². The van der Waals surface area contributed by atoms with Crippen LogP contribution in [0.5, 0.6) is 23.0 Å². The number of aromatic hydroxyl groups is 1. The fraction of sp³-hybridized carbons (Fsp3) is 0.357. The van der Waals surface area contributed by atoms with Crippen LogP contribution in [0.15, 0.2) is 51.7 Å². The van der Waals surface area contributed by atoms with Gasteiger partial charge in [0.05, 0.1) is 33.1 Å². The van der Waals surface area contributed by atoms with Crippen molar-refractivity contribution < 1.29 is 33.3 Å². The molecule has 2 aliphatic rings. The molecule has 0 unspecified atom stereocenters. The molecular weight excluding hydrogens is 478 g/mol. The number of fused-ring (bicyclic) bond motifs is 2. The fourth-order valence-electron chi connectivity index (χ4n) is 4.89. The Hall–Kier alpha value is -3.98. The Morgan fingerprint density at radius 1 is 1.11 bits per heavy atom. The minimum atomic E-state index is -0.827. The lowest BCUT2D eigenvalue weighted by atomic mass is 9.91. The maximum Gasteiger partial charge on any atom is 0.306 e. The smallest absolute Gasteiger partial charge is 0.306 e. The van der Waals surface area contributed by atoms with Gasteiger partial charge in [-0.1, -0.05) is 24.3 Å². The normalized spacial score (nSPS) is 15.5. The standard InChI is InChI=1S/C28H29NO8/c1-33-23-11-19(12-24-28(23)36-10-9-35-24)21(14-25(31)34-2)27-26(32)22(30)13-20(37-27)16-29-8-7-17-5-3-4-6-18(17)15-29/h3-6,11-13,21,32H,7-10,14-16H2,1-2H3/t21-/m0/s1. The van der Waals surface area contributed by atoms with Crippen LogP contribution < -0.4 is 19.6 Å². The lowest BCUT2D eigenvalue weighted by Crippen LogP contribution is -2.30. The highest BCUT2D eigenvalue weighted by molar-refractivity contribution is 5.71. The molecule has 5 rings (SSSR count). The molecule has 0 amide bonds. The number of hydrogen-bond donors (Lipinski definition) is 1. The molecule has 9 nitrogen and oxygen atoms in total. The van der Waals surface area contributed by atoms with Crippen LogP contribution in [0.2, 0.25) is 0 Å². The Balaban J connectivity index is 1.52. The molecule has 2 aromatic carbocycles. The maximum absolute atomic E-state index is 12.8. The number of benzene rings is 2. The van der Waals surface area contributed by atoms with E-state index in [-0.39, 0.29) is 12.2 Å². The molecule has 1 aromatic heterocycles. The van der Waals surface area contributed by atoms with Gasteiger partial charge in [-0.15, -0.1) is 0 Å². The molecule has 3 aromatic rings. The minimum absolute atomic E-state index is 0.0101. The molecule has 194 valence electrons. The highest BCUT2D eigenvalue weighted by Crippen LogP contribution is 2.44. The summed E-state index contributed by atoms with van der Waals surface area (Å²) in [4.78, 5) is 27.4. The highest BCUT2D eigenvalue weighted by atomic mass is 16.6. The quantitative estimate of drug-likeness (QED) is 0.482. The van der Waals surface area contributed by atoms with Gasteiger partial charge >= 0.3 is 5.97 Å². The van der Waals surface area contributed by atoms with Crippen LogP contribution in [0.1, 0.15) is 40.5 Å². The molecule has 0 bridgehead atoms. The molecule has 0 spiro atoms. The van der Waals surface area contributed by atoms with Crippen molar-refractivity contribution in [1.29, 1.82) is 0 Å². The summed E-state index contributed by atoms with van der Waals surface area (Å²) in [5, 5.41) is 10.8. The van der Waals surface area contributed by atoms with Gasteiger partial charge in [0.25, 0.3) is 0 Å². The first-order valence-corrected chi connectivity index (χ1v) is 12.2. The van der Waals surface area contributed by atoms with E-state index in [4.69, 9.17) is 23.4 Å². The van der Waals surface area contributed by atoms with Gasteiger partial charge in [-0.05, 0) is 35.2 Å². The Labute approximate surface area is 214 Å². The topological polar surface area (TPSA) is 108 Å². The molecule has 37 heavy (non-hydrogen) atoms. The molecule has 0 saturated carbocycles. The zero-order valence-electron chi connectivity index (χ0n) is 20.8. The number of ether oxygens (including phenoxy) is 4. The van der Waals surface area contributed by atoms with E-state index in [1.165, 1.54) is 31.4 Å². The van der Waals surface area contributed by atoms with Crippen molar-refractivity contribution in [2.45, 2.75) is 31.8 Å². The third kappa shape index (κ3) is 5.13. The summed E-state index contributed by atoms with van der Waals surface area (Å²) < 4.78 is 28.0. The Bertz CT molecular complexity index is 1350. The second-order valence-electron chi connectivity index (χ2n) is 9.10. The van der Waals surface area contributed by atoms with Crippen molar-refractivity contribution >= 4 is 5.97 Å². The number of rotatable bonds is 7. The summed E-state index contributed by atoms with van der Waals surface area (Å²) in [5.74, 6) is -0.200. The van der Waals surface area contributed by atoms with E-state index in [0.717, 1.165) is 19.5 Å². The van der Waals surface area contributed by atoms with Crippen molar-refractivity contribution in [3.63, 3.8) is 0 Å². The van der Waals surface area contributed by atoms with E-state index in [1.807, 2.05) is 12.1 Å². The molecule has 2 aliphatic heterocycles. The van der Waals surface area contributed by atoms with Crippen molar-refractivity contribution in [3.05, 3.63) is 80.9 Å². The Morgan fingerprint density at radius 3 is 2.68 bits per heavy atom. The Morgan fingerprint density at radius 2 is 1.89 bits per heavy atom. The van der Waals surface area contributed by atoms with Crippen LogP contribution in [0.3, 0.4) is 0 Å². The molecule has 0 radical (unpaired) electrons. The predicted molar refractivity (Wildman–Crippen MR) is 133 cm³/mol. The third-order valence-corrected chi connectivity index (χ3v) is 6.76. The zero-order chi connectivity index (χ0) is 25.9. The lowest BCUT2D eigenvalue weighted by molar-refractivity contribution is -0.140. The van der Waals surface area contributed by atoms with Crippen LogP contribution in [0, 0.1) is 0 Å². The summed E-state index contributed by atoms with van der Waals surface area (Å²) in [7, 11) is 2.78. The maximum atomic E-state index is 12.8. The van der Waals surface area contributed by atoms with Crippen LogP contribution >= 0.6 is 0 Å². The second-order valence-corrected chi connectivity index (χ2v) is 9.10. The number of methoxy groups -OCH3 is 2. The van der Waals surface area contributed by atoms with Crippen molar-refractivity contribution in [2.24, 2.45) is 0 Å². The van der Waals surface area contributed by atoms with E-state index in [9.17, 15) is 14.7 Å². The third-order valence-electron chi connectivity index (χ3n) is 6.76. The first-order valence-electron chi connectivity index (χ1n) is 12.2. The van der Waals surface area contributed by atoms with Gasteiger partial charge in [0, 0.05) is 19.2 Å². The van der Waals surface area contributed by atoms with Crippen LogP contribution in [-0.2, 0) is 29.0 Å². The number of hydrogen-bond acceptors (Lipinski definition) is 9. The SMILES string of the molecule is COC(=O)C[C@@H](c1cc(OC)c2c(c1)OCCO2)c1oc(CN2CCc3ccccc3C2)cc(=O)c1O. The van der Waals surface area contributed by atoms with E-state index in [0.29, 0.717) is 48.3 Å².